The monoisotopic (exact) mass is 174 g/mol. The van der Waals surface area contributed by atoms with Crippen molar-refractivity contribution in [2.45, 2.75) is 6.67 Å². The molecule has 0 atom stereocenters. The molecule has 2 heterocycles. The summed E-state index contributed by atoms with van der Waals surface area (Å²) in [5, 5.41) is 8.73. The molecule has 2 nitrogen and oxygen atoms in total. The molecule has 2 rings (SSSR count). The zero-order valence-corrected chi connectivity index (χ0v) is 6.87. The quantitative estimate of drug-likeness (QED) is 0.651. The van der Waals surface area contributed by atoms with Crippen LogP contribution in [-0.2, 0) is 6.67 Å². The van der Waals surface area contributed by atoms with Crippen LogP contribution in [0.4, 0.5) is 4.39 Å². The standard InChI is InChI=1S/C10H7FN2/c11-6-8-1-3-13-4-2-9(7-12)10(13)5-8/h1-5H,6H2. The minimum Gasteiger partial charge on any atom is -0.323 e. The van der Waals surface area contributed by atoms with Gasteiger partial charge < -0.3 is 4.40 Å². The van der Waals surface area contributed by atoms with Crippen LogP contribution in [0, 0.1) is 11.3 Å². The second kappa shape index (κ2) is 2.91. The van der Waals surface area contributed by atoms with Gasteiger partial charge in [-0.3, -0.25) is 0 Å². The molecular formula is C10H7FN2. The van der Waals surface area contributed by atoms with Gasteiger partial charge in [0.2, 0.25) is 0 Å². The van der Waals surface area contributed by atoms with E-state index in [0.29, 0.717) is 11.1 Å². The minimum atomic E-state index is -0.494. The van der Waals surface area contributed by atoms with Crippen molar-refractivity contribution in [3.8, 4) is 6.07 Å². The van der Waals surface area contributed by atoms with Gasteiger partial charge in [0, 0.05) is 12.4 Å². The molecular weight excluding hydrogens is 167 g/mol. The molecule has 0 spiro atoms. The summed E-state index contributed by atoms with van der Waals surface area (Å²) in [6.45, 7) is -0.494. The van der Waals surface area contributed by atoms with Crippen LogP contribution in [0.15, 0.2) is 30.6 Å². The first-order valence-corrected chi connectivity index (χ1v) is 3.91. The largest absolute Gasteiger partial charge is 0.323 e. The molecule has 0 aromatic carbocycles. The molecule has 0 aliphatic carbocycles. The van der Waals surface area contributed by atoms with Crippen molar-refractivity contribution in [2.24, 2.45) is 0 Å². The summed E-state index contributed by atoms with van der Waals surface area (Å²) in [6, 6.07) is 7.17. The third kappa shape index (κ3) is 1.17. The van der Waals surface area contributed by atoms with E-state index in [4.69, 9.17) is 5.26 Å². The normalized spacial score (nSPS) is 10.2. The van der Waals surface area contributed by atoms with Crippen molar-refractivity contribution in [3.05, 3.63) is 41.7 Å². The zero-order chi connectivity index (χ0) is 9.26. The molecule has 3 heteroatoms. The van der Waals surface area contributed by atoms with Crippen molar-refractivity contribution in [3.63, 3.8) is 0 Å². The fraction of sp³-hybridized carbons (Fsp3) is 0.100. The maximum Gasteiger partial charge on any atom is 0.115 e. The van der Waals surface area contributed by atoms with E-state index in [1.54, 1.807) is 35.0 Å². The van der Waals surface area contributed by atoms with E-state index in [1.165, 1.54) is 0 Å². The van der Waals surface area contributed by atoms with E-state index >= 15 is 0 Å². The third-order valence-corrected chi connectivity index (χ3v) is 2.00. The van der Waals surface area contributed by atoms with E-state index in [0.717, 1.165) is 5.52 Å². The topological polar surface area (TPSA) is 28.2 Å². The molecule has 0 fully saturated rings. The van der Waals surface area contributed by atoms with Gasteiger partial charge in [0.05, 0.1) is 11.1 Å². The summed E-state index contributed by atoms with van der Waals surface area (Å²) in [6.07, 6.45) is 3.54. The Balaban J connectivity index is 2.73. The van der Waals surface area contributed by atoms with E-state index in [1.807, 2.05) is 0 Å². The lowest BCUT2D eigenvalue weighted by Gasteiger charge is -1.97. The van der Waals surface area contributed by atoms with E-state index in [9.17, 15) is 4.39 Å². The molecule has 0 amide bonds. The number of nitriles is 1. The molecule has 0 unspecified atom stereocenters. The molecule has 2 aromatic heterocycles. The number of fused-ring (bicyclic) bond motifs is 1. The molecule has 64 valence electrons. The Labute approximate surface area is 74.8 Å². The van der Waals surface area contributed by atoms with Gasteiger partial charge in [0.15, 0.2) is 0 Å². The van der Waals surface area contributed by atoms with Gasteiger partial charge >= 0.3 is 0 Å². The molecule has 0 N–H and O–H groups in total. The summed E-state index contributed by atoms with van der Waals surface area (Å²) < 4.78 is 14.1. The van der Waals surface area contributed by atoms with Crippen molar-refractivity contribution in [1.29, 1.82) is 5.26 Å². The van der Waals surface area contributed by atoms with Gasteiger partial charge in [-0.2, -0.15) is 5.26 Å². The van der Waals surface area contributed by atoms with Crippen LogP contribution in [0.5, 0.6) is 0 Å². The summed E-state index contributed by atoms with van der Waals surface area (Å²) in [4.78, 5) is 0. The van der Waals surface area contributed by atoms with Gasteiger partial charge in [-0.05, 0) is 23.8 Å². The lowest BCUT2D eigenvalue weighted by molar-refractivity contribution is 0.485. The Morgan fingerprint density at radius 3 is 2.85 bits per heavy atom. The zero-order valence-electron chi connectivity index (χ0n) is 6.87. The number of hydrogen-bond acceptors (Lipinski definition) is 1. The van der Waals surface area contributed by atoms with E-state index < -0.39 is 6.67 Å². The Hall–Kier alpha value is -1.82. The van der Waals surface area contributed by atoms with Crippen LogP contribution >= 0.6 is 0 Å². The van der Waals surface area contributed by atoms with Crippen LogP contribution < -0.4 is 0 Å². The molecule has 0 aliphatic heterocycles. The van der Waals surface area contributed by atoms with Gasteiger partial charge in [-0.25, -0.2) is 4.39 Å². The van der Waals surface area contributed by atoms with Crippen LogP contribution in [-0.4, -0.2) is 4.40 Å². The summed E-state index contributed by atoms with van der Waals surface area (Å²) in [5.74, 6) is 0. The van der Waals surface area contributed by atoms with Crippen LogP contribution in [0.2, 0.25) is 0 Å². The first kappa shape index (κ1) is 7.81. The maximum atomic E-state index is 12.3. The highest BCUT2D eigenvalue weighted by Gasteiger charge is 2.01. The molecule has 2 aromatic rings. The summed E-state index contributed by atoms with van der Waals surface area (Å²) >= 11 is 0. The highest BCUT2D eigenvalue weighted by molar-refractivity contribution is 5.62. The molecule has 0 aliphatic rings. The smallest absolute Gasteiger partial charge is 0.115 e. The molecule has 13 heavy (non-hydrogen) atoms. The molecule has 0 saturated heterocycles. The average molecular weight is 174 g/mol. The van der Waals surface area contributed by atoms with Crippen molar-refractivity contribution < 1.29 is 4.39 Å². The van der Waals surface area contributed by atoms with Gasteiger partial charge in [-0.1, -0.05) is 0 Å². The fourth-order valence-electron chi connectivity index (χ4n) is 1.32. The fourth-order valence-corrected chi connectivity index (χ4v) is 1.32. The van der Waals surface area contributed by atoms with Crippen molar-refractivity contribution in [1.82, 2.24) is 4.40 Å². The highest BCUT2D eigenvalue weighted by Crippen LogP contribution is 2.14. The second-order valence-electron chi connectivity index (χ2n) is 2.80. The Bertz CT molecular complexity index is 479. The van der Waals surface area contributed by atoms with Gasteiger partial charge in [0.25, 0.3) is 0 Å². The first-order chi connectivity index (χ1) is 6.35. The summed E-state index contributed by atoms with van der Waals surface area (Å²) in [7, 11) is 0. The molecule has 0 radical (unpaired) electrons. The minimum absolute atomic E-state index is 0.494. The predicted octanol–water partition coefficient (Wildman–Crippen LogP) is 2.28. The SMILES string of the molecule is N#Cc1ccn2ccc(CF)cc12. The average Bonchev–Trinajstić information content (AvgIpc) is 2.59. The Kier molecular flexibility index (Phi) is 1.75. The number of halogens is 1. The number of nitrogens with zero attached hydrogens (tertiary/aromatic N) is 2. The molecule has 0 saturated carbocycles. The number of rotatable bonds is 1. The maximum absolute atomic E-state index is 12.3. The third-order valence-electron chi connectivity index (χ3n) is 2.00. The molecule has 0 bridgehead atoms. The Morgan fingerprint density at radius 2 is 2.15 bits per heavy atom. The van der Waals surface area contributed by atoms with Crippen molar-refractivity contribution >= 4 is 5.52 Å². The Morgan fingerprint density at radius 1 is 1.38 bits per heavy atom. The number of aromatic nitrogens is 1. The van der Waals surface area contributed by atoms with Gasteiger partial charge in [-0.15, -0.1) is 0 Å². The van der Waals surface area contributed by atoms with Crippen LogP contribution in [0.1, 0.15) is 11.1 Å². The number of pyridine rings is 1. The summed E-state index contributed by atoms with van der Waals surface area (Å²) in [5.41, 5.74) is 1.94. The van der Waals surface area contributed by atoms with Gasteiger partial charge in [0.1, 0.15) is 12.7 Å². The van der Waals surface area contributed by atoms with Crippen molar-refractivity contribution in [2.75, 3.05) is 0 Å². The number of alkyl halides is 1. The lowest BCUT2D eigenvalue weighted by atomic mass is 10.2. The first-order valence-electron chi connectivity index (χ1n) is 3.91. The van der Waals surface area contributed by atoms with Crippen LogP contribution in [0.3, 0.4) is 0 Å². The van der Waals surface area contributed by atoms with Crippen LogP contribution in [0.25, 0.3) is 5.52 Å². The lowest BCUT2D eigenvalue weighted by Crippen LogP contribution is -1.85. The predicted molar refractivity (Wildman–Crippen MR) is 46.9 cm³/mol. The van der Waals surface area contributed by atoms with E-state index in [-0.39, 0.29) is 0 Å². The highest BCUT2D eigenvalue weighted by atomic mass is 19.1. The second-order valence-corrected chi connectivity index (χ2v) is 2.80. The van der Waals surface area contributed by atoms with E-state index in [2.05, 4.69) is 6.07 Å². The number of hydrogen-bond donors (Lipinski definition) is 0.